The molecule has 0 saturated carbocycles. The van der Waals surface area contributed by atoms with Crippen LogP contribution < -0.4 is 10.3 Å². The molecule has 0 radical (unpaired) electrons. The molecule has 4 rings (SSSR count). The van der Waals surface area contributed by atoms with E-state index < -0.39 is 0 Å². The minimum Gasteiger partial charge on any atom is -0.496 e. The Hall–Kier alpha value is -3.74. The van der Waals surface area contributed by atoms with Crippen LogP contribution in [0.4, 0.5) is 0 Å². The van der Waals surface area contributed by atoms with Gasteiger partial charge in [-0.15, -0.1) is 0 Å². The van der Waals surface area contributed by atoms with Crippen LogP contribution in [0, 0.1) is 13.8 Å². The minimum atomic E-state index is -0.208. The van der Waals surface area contributed by atoms with E-state index in [4.69, 9.17) is 9.26 Å². The van der Waals surface area contributed by atoms with Gasteiger partial charge in [-0.2, -0.15) is 0 Å². The van der Waals surface area contributed by atoms with Crippen molar-refractivity contribution in [2.45, 2.75) is 33.7 Å². The minimum absolute atomic E-state index is 0.0692. The molecule has 0 aliphatic rings. The van der Waals surface area contributed by atoms with E-state index in [9.17, 15) is 9.59 Å². The molecule has 0 unspecified atom stereocenters. The van der Waals surface area contributed by atoms with Gasteiger partial charge >= 0.3 is 0 Å². The van der Waals surface area contributed by atoms with Gasteiger partial charge in [-0.1, -0.05) is 11.2 Å². The molecular weight excluding hydrogens is 394 g/mol. The number of pyridine rings is 2. The van der Waals surface area contributed by atoms with Gasteiger partial charge in [0.1, 0.15) is 17.3 Å². The lowest BCUT2D eigenvalue weighted by atomic mass is 9.99. The number of carbonyl (C=O) groups is 1. The van der Waals surface area contributed by atoms with Crippen LogP contribution in [0.2, 0.25) is 0 Å². The third-order valence-corrected chi connectivity index (χ3v) is 5.28. The Morgan fingerprint density at radius 1 is 1.19 bits per heavy atom. The number of benzene rings is 1. The number of aryl methyl sites for hydroxylation is 2. The van der Waals surface area contributed by atoms with Crippen LogP contribution in [-0.4, -0.2) is 27.6 Å². The number of ether oxygens (including phenoxy) is 1. The third kappa shape index (κ3) is 3.86. The second-order valence-corrected chi connectivity index (χ2v) is 7.57. The second-order valence-electron chi connectivity index (χ2n) is 7.57. The van der Waals surface area contributed by atoms with Crippen LogP contribution in [0.5, 0.6) is 5.75 Å². The van der Waals surface area contributed by atoms with Crippen molar-refractivity contribution in [2.75, 3.05) is 7.11 Å². The number of hydrogen-bond donors (Lipinski definition) is 0. The van der Waals surface area contributed by atoms with E-state index in [2.05, 4.69) is 10.1 Å². The largest absolute Gasteiger partial charge is 0.496 e. The van der Waals surface area contributed by atoms with E-state index in [1.54, 1.807) is 23.9 Å². The molecule has 0 N–H and O–H groups in total. The van der Waals surface area contributed by atoms with Crippen molar-refractivity contribution in [3.05, 3.63) is 75.7 Å². The summed E-state index contributed by atoms with van der Waals surface area (Å²) >= 11 is 0. The summed E-state index contributed by atoms with van der Waals surface area (Å²) in [5.74, 6) is 1.22. The molecule has 158 valence electrons. The molecule has 0 amide bonds. The van der Waals surface area contributed by atoms with E-state index in [1.165, 1.54) is 6.92 Å². The highest BCUT2D eigenvalue weighted by Gasteiger charge is 2.20. The van der Waals surface area contributed by atoms with Crippen LogP contribution in [0.25, 0.3) is 22.0 Å². The highest BCUT2D eigenvalue weighted by atomic mass is 16.5. The third-order valence-electron chi connectivity index (χ3n) is 5.28. The fourth-order valence-corrected chi connectivity index (χ4v) is 3.90. The predicted octanol–water partition coefficient (Wildman–Crippen LogP) is 3.86. The van der Waals surface area contributed by atoms with Crippen molar-refractivity contribution < 1.29 is 14.1 Å². The van der Waals surface area contributed by atoms with Gasteiger partial charge in [0.2, 0.25) is 0 Å². The average molecular weight is 417 g/mol. The lowest BCUT2D eigenvalue weighted by Crippen LogP contribution is -2.26. The lowest BCUT2D eigenvalue weighted by molar-refractivity contribution is -0.116. The first kappa shape index (κ1) is 20.5. The Bertz CT molecular complexity index is 1320. The SMILES string of the molecule is COc1cc2c(cc1-c1c(C)noc1C)cc(CC(C)=O)c(=O)n2Cc1ccccn1. The fourth-order valence-electron chi connectivity index (χ4n) is 3.90. The molecule has 7 nitrogen and oxygen atoms in total. The summed E-state index contributed by atoms with van der Waals surface area (Å²) in [7, 11) is 1.59. The first-order valence-corrected chi connectivity index (χ1v) is 9.96. The van der Waals surface area contributed by atoms with E-state index in [1.807, 2.05) is 44.2 Å². The van der Waals surface area contributed by atoms with E-state index in [0.29, 0.717) is 22.6 Å². The zero-order valence-corrected chi connectivity index (χ0v) is 17.9. The number of aromatic nitrogens is 3. The molecule has 0 aliphatic heterocycles. The first-order valence-electron chi connectivity index (χ1n) is 9.96. The predicted molar refractivity (Wildman–Crippen MR) is 117 cm³/mol. The van der Waals surface area contributed by atoms with Crippen LogP contribution in [0.3, 0.4) is 0 Å². The van der Waals surface area contributed by atoms with Gasteiger partial charge < -0.3 is 13.8 Å². The van der Waals surface area contributed by atoms with Crippen molar-refractivity contribution in [3.63, 3.8) is 0 Å². The molecule has 0 spiro atoms. The number of hydrogen-bond acceptors (Lipinski definition) is 6. The van der Waals surface area contributed by atoms with Gasteiger partial charge in [0.05, 0.1) is 36.1 Å². The number of carbonyl (C=O) groups excluding carboxylic acids is 1. The maximum absolute atomic E-state index is 13.3. The topological polar surface area (TPSA) is 87.2 Å². The maximum atomic E-state index is 13.3. The zero-order chi connectivity index (χ0) is 22.1. The van der Waals surface area contributed by atoms with Crippen molar-refractivity contribution in [1.82, 2.24) is 14.7 Å². The number of methoxy groups -OCH3 is 1. The Balaban J connectivity index is 2.01. The van der Waals surface area contributed by atoms with Crippen LogP contribution in [0.1, 0.15) is 29.6 Å². The molecule has 0 bridgehead atoms. The van der Waals surface area contributed by atoms with Crippen molar-refractivity contribution in [2.24, 2.45) is 0 Å². The first-order chi connectivity index (χ1) is 14.9. The summed E-state index contributed by atoms with van der Waals surface area (Å²) in [5, 5.41) is 4.88. The summed E-state index contributed by atoms with van der Waals surface area (Å²) in [6.07, 6.45) is 1.77. The summed E-state index contributed by atoms with van der Waals surface area (Å²) in [6.45, 7) is 5.49. The molecule has 4 aromatic rings. The average Bonchev–Trinajstić information content (AvgIpc) is 3.08. The normalized spacial score (nSPS) is 11.1. The quantitative estimate of drug-likeness (QED) is 0.473. The molecule has 3 aromatic heterocycles. The van der Waals surface area contributed by atoms with Crippen molar-refractivity contribution in [1.29, 1.82) is 0 Å². The van der Waals surface area contributed by atoms with Crippen molar-refractivity contribution in [3.8, 4) is 16.9 Å². The summed E-state index contributed by atoms with van der Waals surface area (Å²) in [4.78, 5) is 29.4. The van der Waals surface area contributed by atoms with Crippen molar-refractivity contribution >= 4 is 16.7 Å². The van der Waals surface area contributed by atoms with Crippen LogP contribution >= 0.6 is 0 Å². The number of Topliss-reactive ketones (excluding diaryl/α,β-unsaturated/α-hetero) is 1. The van der Waals surface area contributed by atoms with E-state index in [0.717, 1.165) is 27.9 Å². The number of fused-ring (bicyclic) bond motifs is 1. The fraction of sp³-hybridized carbons (Fsp3) is 0.250. The van der Waals surface area contributed by atoms with Crippen LogP contribution in [0.15, 0.2) is 51.9 Å². The van der Waals surface area contributed by atoms with Gasteiger partial charge in [-0.05, 0) is 50.4 Å². The number of rotatable bonds is 6. The molecule has 31 heavy (non-hydrogen) atoms. The van der Waals surface area contributed by atoms with Gasteiger partial charge in [-0.3, -0.25) is 14.6 Å². The molecule has 3 heterocycles. The molecule has 1 aromatic carbocycles. The monoisotopic (exact) mass is 417 g/mol. The molecule has 7 heteroatoms. The number of nitrogens with zero attached hydrogens (tertiary/aromatic N) is 3. The van der Waals surface area contributed by atoms with Gasteiger partial charge in [0.25, 0.3) is 5.56 Å². The summed E-state index contributed by atoms with van der Waals surface area (Å²) in [5.41, 5.74) is 4.12. The maximum Gasteiger partial charge on any atom is 0.255 e. The van der Waals surface area contributed by atoms with Gasteiger partial charge in [0, 0.05) is 29.8 Å². The standard InChI is InChI=1S/C24H23N3O4/c1-14(28)9-18-10-17-11-20(23-15(2)26-31-16(23)3)22(30-4)12-21(17)27(24(18)29)13-19-7-5-6-8-25-19/h5-8,10-12H,9,13H2,1-4H3. The number of ketones is 1. The Morgan fingerprint density at radius 3 is 2.61 bits per heavy atom. The Labute approximate surface area is 179 Å². The molecule has 0 saturated heterocycles. The highest BCUT2D eigenvalue weighted by Crippen LogP contribution is 2.37. The molecule has 0 atom stereocenters. The second kappa shape index (κ2) is 8.18. The summed E-state index contributed by atoms with van der Waals surface area (Å²) < 4.78 is 12.7. The molecule has 0 fully saturated rings. The smallest absolute Gasteiger partial charge is 0.255 e. The molecule has 0 aliphatic carbocycles. The van der Waals surface area contributed by atoms with Gasteiger partial charge in [-0.25, -0.2) is 0 Å². The highest BCUT2D eigenvalue weighted by molar-refractivity contribution is 5.90. The summed E-state index contributed by atoms with van der Waals surface area (Å²) in [6, 6.07) is 11.2. The lowest BCUT2D eigenvalue weighted by Gasteiger charge is -2.16. The van der Waals surface area contributed by atoms with E-state index in [-0.39, 0.29) is 24.3 Å². The zero-order valence-electron chi connectivity index (χ0n) is 17.9. The molecular formula is C24H23N3O4. The van der Waals surface area contributed by atoms with Crippen LogP contribution in [-0.2, 0) is 17.8 Å². The van der Waals surface area contributed by atoms with Gasteiger partial charge in [0.15, 0.2) is 0 Å². The van der Waals surface area contributed by atoms with E-state index >= 15 is 0 Å². The Morgan fingerprint density at radius 2 is 2.00 bits per heavy atom. The Kier molecular flexibility index (Phi) is 5.42.